The van der Waals surface area contributed by atoms with E-state index in [1.807, 2.05) is 50.2 Å². The van der Waals surface area contributed by atoms with E-state index in [1.165, 1.54) is 5.56 Å². The minimum atomic E-state index is -1.26. The molecule has 5 rings (SSSR count). The summed E-state index contributed by atoms with van der Waals surface area (Å²) in [5, 5.41) is 15.6. The van der Waals surface area contributed by atoms with Crippen LogP contribution in [0, 0.1) is 0 Å². The number of ether oxygens (including phenoxy) is 2. The Hall–Kier alpha value is -4.80. The summed E-state index contributed by atoms with van der Waals surface area (Å²) in [5.74, 6) is -2.42. The van der Waals surface area contributed by atoms with Gasteiger partial charge in [-0.15, -0.1) is 0 Å². The Bertz CT molecular complexity index is 1600. The summed E-state index contributed by atoms with van der Waals surface area (Å²) in [7, 11) is 0. The van der Waals surface area contributed by atoms with Crippen molar-refractivity contribution in [3.05, 3.63) is 120 Å². The number of nitrogens with zero attached hydrogens (tertiary/aromatic N) is 2. The molecule has 3 aromatic carbocycles. The summed E-state index contributed by atoms with van der Waals surface area (Å²) < 4.78 is 11.3. The predicted molar refractivity (Wildman–Crippen MR) is 199 cm³/mol. The van der Waals surface area contributed by atoms with Crippen molar-refractivity contribution in [2.24, 2.45) is 0 Å². The SMILES string of the molecule is CCOC(=O)C1(c2ccccc2)CCN(CC(C(C)c2ccccc2)N2CCC(C(=O)OCC)(c3ccccc3)CC2)CC1.O=C(O)/C=C\C(=O)O. The zero-order chi connectivity index (χ0) is 37.6. The van der Waals surface area contributed by atoms with Gasteiger partial charge in [-0.1, -0.05) is 97.9 Å². The van der Waals surface area contributed by atoms with Gasteiger partial charge >= 0.3 is 23.9 Å². The van der Waals surface area contributed by atoms with Crippen LogP contribution >= 0.6 is 0 Å². The topological polar surface area (TPSA) is 134 Å². The van der Waals surface area contributed by atoms with Crippen LogP contribution in [-0.2, 0) is 39.5 Å². The molecule has 10 nitrogen and oxygen atoms in total. The number of aliphatic carboxylic acids is 2. The molecule has 0 amide bonds. The molecule has 0 saturated carbocycles. The van der Waals surface area contributed by atoms with E-state index in [0.29, 0.717) is 31.3 Å². The summed E-state index contributed by atoms with van der Waals surface area (Å²) in [5.41, 5.74) is 2.21. The van der Waals surface area contributed by atoms with E-state index in [-0.39, 0.29) is 18.0 Å². The average molecular weight is 713 g/mol. The molecule has 0 aromatic heterocycles. The van der Waals surface area contributed by atoms with Crippen molar-refractivity contribution < 1.29 is 38.9 Å². The third kappa shape index (κ3) is 9.95. The van der Waals surface area contributed by atoms with E-state index in [9.17, 15) is 19.2 Å². The number of piperidine rings is 2. The summed E-state index contributed by atoms with van der Waals surface area (Å²) in [6, 6.07) is 31.4. The van der Waals surface area contributed by atoms with Crippen molar-refractivity contribution in [1.82, 2.24) is 9.80 Å². The molecule has 2 saturated heterocycles. The van der Waals surface area contributed by atoms with E-state index < -0.39 is 22.8 Å². The Morgan fingerprint density at radius 2 is 1.04 bits per heavy atom. The minimum absolute atomic E-state index is 0.104. The predicted octanol–water partition coefficient (Wildman–Crippen LogP) is 6.06. The number of carboxylic acid groups (broad SMARTS) is 2. The maximum absolute atomic E-state index is 13.5. The fraction of sp³-hybridized carbons (Fsp3) is 0.429. The number of likely N-dealkylation sites (tertiary alicyclic amines) is 2. The number of carbonyl (C=O) groups is 4. The van der Waals surface area contributed by atoms with Crippen LogP contribution < -0.4 is 0 Å². The van der Waals surface area contributed by atoms with E-state index >= 15 is 0 Å². The minimum Gasteiger partial charge on any atom is -0.478 e. The van der Waals surface area contributed by atoms with E-state index in [0.717, 1.165) is 69.5 Å². The highest BCUT2D eigenvalue weighted by molar-refractivity contribution is 5.89. The molecule has 52 heavy (non-hydrogen) atoms. The monoisotopic (exact) mass is 712 g/mol. The third-order valence-electron chi connectivity index (χ3n) is 10.5. The first-order chi connectivity index (χ1) is 25.1. The normalized spacial score (nSPS) is 18.3. The van der Waals surface area contributed by atoms with Gasteiger partial charge < -0.3 is 24.6 Å². The van der Waals surface area contributed by atoms with Crippen LogP contribution in [0.1, 0.15) is 69.1 Å². The number of hydrogen-bond donors (Lipinski definition) is 2. The van der Waals surface area contributed by atoms with Gasteiger partial charge in [0.1, 0.15) is 0 Å². The van der Waals surface area contributed by atoms with Crippen molar-refractivity contribution >= 4 is 23.9 Å². The molecule has 0 bridgehead atoms. The summed E-state index contributed by atoms with van der Waals surface area (Å²) in [6.45, 7) is 11.1. The number of hydrogen-bond acceptors (Lipinski definition) is 8. The van der Waals surface area contributed by atoms with Crippen molar-refractivity contribution in [3.8, 4) is 0 Å². The fourth-order valence-corrected chi connectivity index (χ4v) is 7.60. The second kappa shape index (κ2) is 19.2. The maximum Gasteiger partial charge on any atom is 0.328 e. The van der Waals surface area contributed by atoms with Gasteiger partial charge in [0.05, 0.1) is 24.0 Å². The first-order valence-electron chi connectivity index (χ1n) is 18.2. The van der Waals surface area contributed by atoms with Gasteiger partial charge in [-0.05, 0) is 88.3 Å². The summed E-state index contributed by atoms with van der Waals surface area (Å²) in [6.07, 6.45) is 4.05. The third-order valence-corrected chi connectivity index (χ3v) is 10.5. The quantitative estimate of drug-likeness (QED) is 0.159. The standard InChI is InChI=1S/C38H48N2O4.C4H4O4/c1-4-43-35(41)37(32-17-11-7-12-18-32)21-25-39(26-22-37)29-34(30(3)31-15-9-6-10-16-31)40-27-23-38(24-28-40,36(42)44-5-2)33-19-13-8-14-20-33;5-3(6)1-2-4(7)8/h6-20,30,34H,4-5,21-29H2,1-3H3;1-2H,(H,5,6)(H,7,8)/b;2-1-. The van der Waals surface area contributed by atoms with Gasteiger partial charge in [-0.3, -0.25) is 14.5 Å². The van der Waals surface area contributed by atoms with Gasteiger partial charge in [0, 0.05) is 24.7 Å². The van der Waals surface area contributed by atoms with E-state index in [4.69, 9.17) is 19.7 Å². The average Bonchev–Trinajstić information content (AvgIpc) is 3.17. The Morgan fingerprint density at radius 1 is 0.654 bits per heavy atom. The number of rotatable bonds is 13. The molecule has 0 radical (unpaired) electrons. The Labute approximate surface area is 307 Å². The molecule has 10 heteroatoms. The van der Waals surface area contributed by atoms with Crippen molar-refractivity contribution in [2.75, 3.05) is 45.9 Å². The second-order valence-electron chi connectivity index (χ2n) is 13.5. The van der Waals surface area contributed by atoms with Crippen LogP contribution in [0.4, 0.5) is 0 Å². The van der Waals surface area contributed by atoms with Crippen molar-refractivity contribution in [3.63, 3.8) is 0 Å². The first-order valence-corrected chi connectivity index (χ1v) is 18.2. The lowest BCUT2D eigenvalue weighted by atomic mass is 9.71. The van der Waals surface area contributed by atoms with Gasteiger partial charge in [0.2, 0.25) is 0 Å². The highest BCUT2D eigenvalue weighted by atomic mass is 16.5. The molecule has 2 N–H and O–H groups in total. The van der Waals surface area contributed by atoms with Gasteiger partial charge in [0.15, 0.2) is 0 Å². The molecular weight excluding hydrogens is 660 g/mol. The molecule has 278 valence electrons. The van der Waals surface area contributed by atoms with Gasteiger partial charge in [-0.25, -0.2) is 9.59 Å². The lowest BCUT2D eigenvalue weighted by Crippen LogP contribution is -2.56. The van der Waals surface area contributed by atoms with Gasteiger partial charge in [-0.2, -0.15) is 0 Å². The first kappa shape index (κ1) is 40.0. The number of benzene rings is 3. The highest BCUT2D eigenvalue weighted by Gasteiger charge is 2.47. The number of carboxylic acids is 2. The molecule has 2 atom stereocenters. The van der Waals surface area contributed by atoms with Crippen LogP contribution in [-0.4, -0.2) is 95.9 Å². The number of esters is 2. The molecule has 2 aliphatic heterocycles. The van der Waals surface area contributed by atoms with E-state index in [2.05, 4.69) is 71.3 Å². The molecule has 0 spiro atoms. The van der Waals surface area contributed by atoms with E-state index in [1.54, 1.807) is 0 Å². The largest absolute Gasteiger partial charge is 0.478 e. The molecule has 2 aliphatic rings. The zero-order valence-electron chi connectivity index (χ0n) is 30.5. The lowest BCUT2D eigenvalue weighted by molar-refractivity contribution is -0.154. The van der Waals surface area contributed by atoms with Gasteiger partial charge in [0.25, 0.3) is 0 Å². The van der Waals surface area contributed by atoms with Crippen molar-refractivity contribution in [2.45, 2.75) is 69.2 Å². The molecule has 2 heterocycles. The summed E-state index contributed by atoms with van der Waals surface area (Å²) >= 11 is 0. The molecule has 3 aromatic rings. The molecule has 2 fully saturated rings. The van der Waals surface area contributed by atoms with Crippen LogP contribution in [0.15, 0.2) is 103 Å². The second-order valence-corrected chi connectivity index (χ2v) is 13.5. The van der Waals surface area contributed by atoms with Crippen LogP contribution in [0.3, 0.4) is 0 Å². The lowest BCUT2D eigenvalue weighted by Gasteiger charge is -2.47. The van der Waals surface area contributed by atoms with Crippen LogP contribution in [0.25, 0.3) is 0 Å². The Morgan fingerprint density at radius 3 is 1.42 bits per heavy atom. The van der Waals surface area contributed by atoms with Crippen molar-refractivity contribution in [1.29, 1.82) is 0 Å². The Balaban J connectivity index is 0.000000677. The fourth-order valence-electron chi connectivity index (χ4n) is 7.60. The zero-order valence-corrected chi connectivity index (χ0v) is 30.5. The summed E-state index contributed by atoms with van der Waals surface area (Å²) in [4.78, 5) is 51.1. The van der Waals surface area contributed by atoms with Crippen LogP contribution in [0.5, 0.6) is 0 Å². The molecule has 2 unspecified atom stereocenters. The highest BCUT2D eigenvalue weighted by Crippen LogP contribution is 2.40. The molecular formula is C42H52N2O8. The van der Waals surface area contributed by atoms with Crippen LogP contribution in [0.2, 0.25) is 0 Å². The molecule has 0 aliphatic carbocycles. The Kier molecular flexibility index (Phi) is 14.7. The number of carbonyl (C=O) groups excluding carboxylic acids is 2. The smallest absolute Gasteiger partial charge is 0.328 e. The maximum atomic E-state index is 13.5.